The van der Waals surface area contributed by atoms with Crippen LogP contribution in [0.4, 0.5) is 0 Å². The molecule has 0 bridgehead atoms. The van der Waals surface area contributed by atoms with E-state index < -0.39 is 0 Å². The molecule has 2 heteroatoms. The maximum atomic E-state index is 2.29. The van der Waals surface area contributed by atoms with Crippen molar-refractivity contribution in [2.24, 2.45) is 0 Å². The first kappa shape index (κ1) is 10.8. The second-order valence-electron chi connectivity index (χ2n) is 2.17. The first-order chi connectivity index (χ1) is 3.18. The van der Waals surface area contributed by atoms with Crippen LogP contribution in [0.25, 0.3) is 0 Å². The number of nitrogens with zero attached hydrogens (tertiary/aromatic N) is 1. The van der Waals surface area contributed by atoms with E-state index in [9.17, 15) is 0 Å². The lowest BCUT2D eigenvalue weighted by Gasteiger charge is -2.17. The highest BCUT2D eigenvalue weighted by Gasteiger charge is 1.95. The van der Waals surface area contributed by atoms with Gasteiger partial charge in [-0.2, -0.15) is 0 Å². The number of rotatable bonds is 2. The Kier molecular flexibility index (Phi) is 6.85. The van der Waals surface area contributed by atoms with Gasteiger partial charge in [0.2, 0.25) is 0 Å². The summed E-state index contributed by atoms with van der Waals surface area (Å²) in [5.41, 5.74) is 0. The van der Waals surface area contributed by atoms with Gasteiger partial charge in [0.25, 0.3) is 0 Å². The standard InChI is InChI=1S/C6H15N.H2O/c1-5-7(4)6(2)3;/h6H,5H2,1-4H3;1H2. The van der Waals surface area contributed by atoms with Crippen molar-refractivity contribution in [3.8, 4) is 0 Å². The van der Waals surface area contributed by atoms with Crippen molar-refractivity contribution in [2.45, 2.75) is 26.8 Å². The van der Waals surface area contributed by atoms with E-state index in [1.165, 1.54) is 0 Å². The van der Waals surface area contributed by atoms with Crippen LogP contribution in [0.1, 0.15) is 20.8 Å². The van der Waals surface area contributed by atoms with Gasteiger partial charge in [0, 0.05) is 6.04 Å². The molecule has 0 amide bonds. The first-order valence-electron chi connectivity index (χ1n) is 2.88. The van der Waals surface area contributed by atoms with Crippen LogP contribution in [0.5, 0.6) is 0 Å². The molecule has 0 heterocycles. The Morgan fingerprint density at radius 3 is 1.75 bits per heavy atom. The van der Waals surface area contributed by atoms with Crippen LogP contribution >= 0.6 is 0 Å². The Morgan fingerprint density at radius 1 is 1.38 bits per heavy atom. The SMILES string of the molecule is CCN(C)C(C)C.O. The van der Waals surface area contributed by atoms with E-state index >= 15 is 0 Å². The van der Waals surface area contributed by atoms with Gasteiger partial charge in [-0.15, -0.1) is 0 Å². The molecular formula is C6H17NO. The van der Waals surface area contributed by atoms with Crippen LogP contribution in [0.2, 0.25) is 0 Å². The third-order valence-corrected chi connectivity index (χ3v) is 1.38. The molecule has 52 valence electrons. The third kappa shape index (κ3) is 4.09. The molecule has 0 aliphatic heterocycles. The second-order valence-corrected chi connectivity index (χ2v) is 2.17. The first-order valence-corrected chi connectivity index (χ1v) is 2.88. The predicted octanol–water partition coefficient (Wildman–Crippen LogP) is 0.522. The summed E-state index contributed by atoms with van der Waals surface area (Å²) < 4.78 is 0. The summed E-state index contributed by atoms with van der Waals surface area (Å²) in [4.78, 5) is 2.29. The number of hydrogen-bond donors (Lipinski definition) is 0. The lowest BCUT2D eigenvalue weighted by atomic mass is 10.3. The van der Waals surface area contributed by atoms with Crippen LogP contribution in [-0.2, 0) is 0 Å². The van der Waals surface area contributed by atoms with E-state index in [1.54, 1.807) is 0 Å². The van der Waals surface area contributed by atoms with Crippen LogP contribution < -0.4 is 0 Å². The van der Waals surface area contributed by atoms with Crippen LogP contribution in [0.3, 0.4) is 0 Å². The van der Waals surface area contributed by atoms with Crippen LogP contribution in [0, 0.1) is 0 Å². The molecule has 0 aromatic rings. The van der Waals surface area contributed by atoms with Crippen molar-refractivity contribution in [1.29, 1.82) is 0 Å². The minimum atomic E-state index is 0. The molecule has 0 atom stereocenters. The Labute approximate surface area is 51.8 Å². The van der Waals surface area contributed by atoms with E-state index in [0.29, 0.717) is 6.04 Å². The van der Waals surface area contributed by atoms with Crippen molar-refractivity contribution in [2.75, 3.05) is 13.6 Å². The normalized spacial score (nSPS) is 9.75. The van der Waals surface area contributed by atoms with Crippen molar-refractivity contribution >= 4 is 0 Å². The highest BCUT2D eigenvalue weighted by atomic mass is 16.0. The predicted molar refractivity (Wildman–Crippen MR) is 37.1 cm³/mol. The quantitative estimate of drug-likeness (QED) is 0.522. The van der Waals surface area contributed by atoms with Crippen molar-refractivity contribution in [3.05, 3.63) is 0 Å². The topological polar surface area (TPSA) is 34.7 Å². The van der Waals surface area contributed by atoms with E-state index in [0.717, 1.165) is 6.54 Å². The fraction of sp³-hybridized carbons (Fsp3) is 1.00. The molecular weight excluding hydrogens is 102 g/mol. The highest BCUT2D eigenvalue weighted by Crippen LogP contribution is 1.89. The van der Waals surface area contributed by atoms with Crippen LogP contribution in [-0.4, -0.2) is 30.0 Å². The molecule has 2 N–H and O–H groups in total. The molecule has 2 nitrogen and oxygen atoms in total. The van der Waals surface area contributed by atoms with E-state index in [1.807, 2.05) is 0 Å². The zero-order chi connectivity index (χ0) is 5.86. The van der Waals surface area contributed by atoms with Crippen molar-refractivity contribution in [1.82, 2.24) is 4.90 Å². The fourth-order valence-electron chi connectivity index (χ4n) is 0.365. The summed E-state index contributed by atoms with van der Waals surface area (Å²) in [6.07, 6.45) is 0. The maximum Gasteiger partial charge on any atom is 0.00354 e. The summed E-state index contributed by atoms with van der Waals surface area (Å²) >= 11 is 0. The Morgan fingerprint density at radius 2 is 1.75 bits per heavy atom. The average molecular weight is 119 g/mol. The Hall–Kier alpha value is -0.0800. The molecule has 0 aliphatic carbocycles. The van der Waals surface area contributed by atoms with Gasteiger partial charge in [-0.25, -0.2) is 0 Å². The fourth-order valence-corrected chi connectivity index (χ4v) is 0.365. The van der Waals surface area contributed by atoms with E-state index in [4.69, 9.17) is 0 Å². The monoisotopic (exact) mass is 119 g/mol. The van der Waals surface area contributed by atoms with Gasteiger partial charge in [-0.05, 0) is 27.4 Å². The van der Waals surface area contributed by atoms with E-state index in [2.05, 4.69) is 32.7 Å². The molecule has 0 spiro atoms. The van der Waals surface area contributed by atoms with Gasteiger partial charge in [0.05, 0.1) is 0 Å². The molecule has 0 aromatic heterocycles. The maximum absolute atomic E-state index is 2.29. The molecule has 0 saturated heterocycles. The molecule has 0 aliphatic rings. The molecule has 8 heavy (non-hydrogen) atoms. The zero-order valence-electron chi connectivity index (χ0n) is 6.23. The largest absolute Gasteiger partial charge is 0.412 e. The zero-order valence-corrected chi connectivity index (χ0v) is 6.23. The van der Waals surface area contributed by atoms with Crippen molar-refractivity contribution < 1.29 is 5.48 Å². The van der Waals surface area contributed by atoms with Crippen LogP contribution in [0.15, 0.2) is 0 Å². The third-order valence-electron chi connectivity index (χ3n) is 1.38. The lowest BCUT2D eigenvalue weighted by Crippen LogP contribution is -2.25. The van der Waals surface area contributed by atoms with E-state index in [-0.39, 0.29) is 5.48 Å². The summed E-state index contributed by atoms with van der Waals surface area (Å²) in [5.74, 6) is 0. The van der Waals surface area contributed by atoms with Gasteiger partial charge in [0.15, 0.2) is 0 Å². The molecule has 0 saturated carbocycles. The molecule has 0 radical (unpaired) electrons. The molecule has 0 fully saturated rings. The van der Waals surface area contributed by atoms with Crippen molar-refractivity contribution in [3.63, 3.8) is 0 Å². The lowest BCUT2D eigenvalue weighted by molar-refractivity contribution is 0.289. The van der Waals surface area contributed by atoms with Gasteiger partial charge in [0.1, 0.15) is 0 Å². The minimum absolute atomic E-state index is 0. The highest BCUT2D eigenvalue weighted by molar-refractivity contribution is 4.51. The summed E-state index contributed by atoms with van der Waals surface area (Å²) in [5, 5.41) is 0. The smallest absolute Gasteiger partial charge is 0.00354 e. The van der Waals surface area contributed by atoms with Gasteiger partial charge in [-0.3, -0.25) is 0 Å². The van der Waals surface area contributed by atoms with Gasteiger partial charge >= 0.3 is 0 Å². The summed E-state index contributed by atoms with van der Waals surface area (Å²) in [6, 6.07) is 0.699. The molecule has 0 aromatic carbocycles. The summed E-state index contributed by atoms with van der Waals surface area (Å²) in [7, 11) is 2.13. The number of hydrogen-bond acceptors (Lipinski definition) is 1. The molecule has 0 unspecified atom stereocenters. The second kappa shape index (κ2) is 5.06. The van der Waals surface area contributed by atoms with Gasteiger partial charge < -0.3 is 10.4 Å². The Bertz CT molecular complexity index is 45.8. The van der Waals surface area contributed by atoms with Gasteiger partial charge in [-0.1, -0.05) is 6.92 Å². The average Bonchev–Trinajstić information content (AvgIpc) is 1.65. The Balaban J connectivity index is 0. The summed E-state index contributed by atoms with van der Waals surface area (Å²) in [6.45, 7) is 7.71. The molecule has 0 rings (SSSR count). The minimum Gasteiger partial charge on any atom is -0.412 e.